The van der Waals surface area contributed by atoms with Crippen LogP contribution in [0.25, 0.3) is 0 Å². The third-order valence-corrected chi connectivity index (χ3v) is 3.10. The van der Waals surface area contributed by atoms with Crippen molar-refractivity contribution in [1.82, 2.24) is 4.90 Å². The number of carboxylic acids is 1. The highest BCUT2D eigenvalue weighted by atomic mass is 19.1. The number of halogens is 1. The maximum Gasteiger partial charge on any atom is 0.337 e. The first-order chi connectivity index (χ1) is 9.50. The van der Waals surface area contributed by atoms with E-state index >= 15 is 0 Å². The minimum absolute atomic E-state index is 0.149. The Hall–Kier alpha value is -2.15. The van der Waals surface area contributed by atoms with Crippen LogP contribution in [-0.4, -0.2) is 47.8 Å². The molecule has 1 heterocycles. The average molecular weight is 282 g/mol. The number of nitrogens with zero attached hydrogens (tertiary/aromatic N) is 1. The number of urea groups is 1. The summed E-state index contributed by atoms with van der Waals surface area (Å²) in [6, 6.07) is 2.94. The van der Waals surface area contributed by atoms with E-state index in [1.165, 1.54) is 17.0 Å². The van der Waals surface area contributed by atoms with Crippen molar-refractivity contribution in [2.24, 2.45) is 0 Å². The molecule has 1 fully saturated rings. The van der Waals surface area contributed by atoms with E-state index in [2.05, 4.69) is 5.32 Å². The molecule has 1 aromatic rings. The number of benzene rings is 1. The number of morpholine rings is 1. The van der Waals surface area contributed by atoms with Crippen LogP contribution in [0.3, 0.4) is 0 Å². The molecule has 1 atom stereocenters. The van der Waals surface area contributed by atoms with Gasteiger partial charge in [0.15, 0.2) is 0 Å². The van der Waals surface area contributed by atoms with Crippen molar-refractivity contribution in [3.8, 4) is 0 Å². The van der Waals surface area contributed by atoms with E-state index in [-0.39, 0.29) is 17.3 Å². The molecule has 1 aromatic carbocycles. The first-order valence-electron chi connectivity index (χ1n) is 6.18. The maximum atomic E-state index is 13.7. The zero-order valence-electron chi connectivity index (χ0n) is 10.9. The van der Waals surface area contributed by atoms with Crippen LogP contribution in [0.4, 0.5) is 14.9 Å². The van der Waals surface area contributed by atoms with Crippen molar-refractivity contribution in [2.75, 3.05) is 25.1 Å². The molecule has 2 N–H and O–H groups in total. The van der Waals surface area contributed by atoms with E-state index in [0.717, 1.165) is 6.07 Å². The fraction of sp³-hybridized carbons (Fsp3) is 0.385. The minimum atomic E-state index is -1.30. The predicted octanol–water partition coefficient (Wildman–Crippen LogP) is 1.78. The summed E-state index contributed by atoms with van der Waals surface area (Å²) in [5.74, 6) is -2.08. The molecule has 0 bridgehead atoms. The van der Waals surface area contributed by atoms with Crippen LogP contribution in [0, 0.1) is 5.82 Å². The second-order valence-corrected chi connectivity index (χ2v) is 4.52. The van der Waals surface area contributed by atoms with Crippen molar-refractivity contribution in [1.29, 1.82) is 0 Å². The second-order valence-electron chi connectivity index (χ2n) is 4.52. The van der Waals surface area contributed by atoms with Gasteiger partial charge in [-0.25, -0.2) is 14.0 Å². The summed E-state index contributed by atoms with van der Waals surface area (Å²) in [6.07, 6.45) is 0. The molecule has 108 valence electrons. The number of carbonyl (C=O) groups excluding carboxylic acids is 1. The van der Waals surface area contributed by atoms with Crippen molar-refractivity contribution < 1.29 is 23.8 Å². The largest absolute Gasteiger partial charge is 0.478 e. The van der Waals surface area contributed by atoms with Gasteiger partial charge in [-0.15, -0.1) is 0 Å². The van der Waals surface area contributed by atoms with Crippen LogP contribution in [0.5, 0.6) is 0 Å². The van der Waals surface area contributed by atoms with E-state index in [1.54, 1.807) is 6.92 Å². The predicted molar refractivity (Wildman–Crippen MR) is 69.4 cm³/mol. The molecule has 0 aromatic heterocycles. The maximum absolute atomic E-state index is 13.7. The number of ether oxygens (including phenoxy) is 1. The number of amides is 2. The second kappa shape index (κ2) is 5.87. The number of rotatable bonds is 2. The van der Waals surface area contributed by atoms with Gasteiger partial charge >= 0.3 is 12.0 Å². The standard InChI is InChI=1S/C13H15FN2O4/c1-8-7-20-6-5-16(8)13(19)15-11-9(12(17)18)3-2-4-10(11)14/h2-4,8H,5-7H2,1H3,(H,15,19)(H,17,18). The Morgan fingerprint density at radius 3 is 2.90 bits per heavy atom. The number of nitrogens with one attached hydrogen (secondary N) is 1. The molecule has 0 aliphatic carbocycles. The fourth-order valence-corrected chi connectivity index (χ4v) is 2.04. The topological polar surface area (TPSA) is 78.9 Å². The monoisotopic (exact) mass is 282 g/mol. The lowest BCUT2D eigenvalue weighted by molar-refractivity contribution is 0.0221. The van der Waals surface area contributed by atoms with Gasteiger partial charge in [0.05, 0.1) is 30.5 Å². The quantitative estimate of drug-likeness (QED) is 0.866. The molecular weight excluding hydrogens is 267 g/mol. The van der Waals surface area contributed by atoms with Gasteiger partial charge < -0.3 is 20.1 Å². The summed E-state index contributed by atoms with van der Waals surface area (Å²) in [5.41, 5.74) is -0.594. The van der Waals surface area contributed by atoms with Gasteiger partial charge in [0.25, 0.3) is 0 Å². The number of hydrogen-bond acceptors (Lipinski definition) is 3. The van der Waals surface area contributed by atoms with E-state index in [4.69, 9.17) is 9.84 Å². The van der Waals surface area contributed by atoms with Crippen LogP contribution in [0.2, 0.25) is 0 Å². The van der Waals surface area contributed by atoms with Crippen molar-refractivity contribution in [3.05, 3.63) is 29.6 Å². The molecule has 2 amide bonds. The number of carbonyl (C=O) groups is 2. The average Bonchev–Trinajstić information content (AvgIpc) is 2.41. The van der Waals surface area contributed by atoms with Crippen LogP contribution in [0.1, 0.15) is 17.3 Å². The van der Waals surface area contributed by atoms with Crippen LogP contribution < -0.4 is 5.32 Å². The Morgan fingerprint density at radius 1 is 1.50 bits per heavy atom. The Bertz CT molecular complexity index is 535. The zero-order valence-corrected chi connectivity index (χ0v) is 10.9. The Kier molecular flexibility index (Phi) is 4.19. The third-order valence-electron chi connectivity index (χ3n) is 3.10. The van der Waals surface area contributed by atoms with Crippen LogP contribution >= 0.6 is 0 Å². The molecule has 2 rings (SSSR count). The van der Waals surface area contributed by atoms with E-state index in [0.29, 0.717) is 19.8 Å². The summed E-state index contributed by atoms with van der Waals surface area (Å²) in [6.45, 7) is 2.99. The lowest BCUT2D eigenvalue weighted by atomic mass is 10.1. The van der Waals surface area contributed by atoms with Gasteiger partial charge in [-0.2, -0.15) is 0 Å². The fourth-order valence-electron chi connectivity index (χ4n) is 2.04. The van der Waals surface area contributed by atoms with Gasteiger partial charge in [0.1, 0.15) is 5.82 Å². The molecule has 1 unspecified atom stereocenters. The lowest BCUT2D eigenvalue weighted by Crippen LogP contribution is -2.49. The normalized spacial score (nSPS) is 18.7. The summed E-state index contributed by atoms with van der Waals surface area (Å²) in [7, 11) is 0. The van der Waals surface area contributed by atoms with Crippen molar-refractivity contribution >= 4 is 17.7 Å². The molecule has 1 aliphatic rings. The lowest BCUT2D eigenvalue weighted by Gasteiger charge is -2.33. The number of hydrogen-bond donors (Lipinski definition) is 2. The molecule has 0 radical (unpaired) electrons. The summed E-state index contributed by atoms with van der Waals surface area (Å²) < 4.78 is 18.9. The SMILES string of the molecule is CC1COCCN1C(=O)Nc1c(F)cccc1C(=O)O. The highest BCUT2D eigenvalue weighted by Gasteiger charge is 2.25. The summed E-state index contributed by atoms with van der Waals surface area (Å²) >= 11 is 0. The number of para-hydroxylation sites is 1. The third kappa shape index (κ3) is 2.88. The van der Waals surface area contributed by atoms with E-state index in [9.17, 15) is 14.0 Å². The first kappa shape index (κ1) is 14.3. The van der Waals surface area contributed by atoms with Gasteiger partial charge in [0.2, 0.25) is 0 Å². The van der Waals surface area contributed by atoms with Crippen molar-refractivity contribution in [3.63, 3.8) is 0 Å². The first-order valence-corrected chi connectivity index (χ1v) is 6.18. The van der Waals surface area contributed by atoms with Gasteiger partial charge in [-0.1, -0.05) is 6.07 Å². The molecule has 0 spiro atoms. The molecule has 1 aliphatic heterocycles. The zero-order chi connectivity index (χ0) is 14.7. The molecular formula is C13H15FN2O4. The molecule has 20 heavy (non-hydrogen) atoms. The molecule has 1 saturated heterocycles. The minimum Gasteiger partial charge on any atom is -0.478 e. The number of carboxylic acid groups (broad SMARTS) is 1. The summed E-state index contributed by atoms with van der Waals surface area (Å²) in [5, 5.41) is 11.3. The number of anilines is 1. The molecule has 0 saturated carbocycles. The Labute approximate surface area is 115 Å². The molecule has 6 nitrogen and oxygen atoms in total. The Balaban J connectivity index is 2.21. The van der Waals surface area contributed by atoms with Gasteiger partial charge in [-0.05, 0) is 19.1 Å². The van der Waals surface area contributed by atoms with Crippen molar-refractivity contribution in [2.45, 2.75) is 13.0 Å². The number of aromatic carboxylic acids is 1. The highest BCUT2D eigenvalue weighted by Crippen LogP contribution is 2.21. The van der Waals surface area contributed by atoms with Gasteiger partial charge in [-0.3, -0.25) is 0 Å². The van der Waals surface area contributed by atoms with E-state index < -0.39 is 17.8 Å². The molecule has 7 heteroatoms. The van der Waals surface area contributed by atoms with Crippen LogP contribution in [-0.2, 0) is 4.74 Å². The van der Waals surface area contributed by atoms with E-state index in [1.807, 2.05) is 0 Å². The smallest absolute Gasteiger partial charge is 0.337 e. The highest BCUT2D eigenvalue weighted by molar-refractivity contribution is 6.00. The van der Waals surface area contributed by atoms with Crippen LogP contribution in [0.15, 0.2) is 18.2 Å². The summed E-state index contributed by atoms with van der Waals surface area (Å²) in [4.78, 5) is 24.6. The Morgan fingerprint density at radius 2 is 2.25 bits per heavy atom. The van der Waals surface area contributed by atoms with Gasteiger partial charge in [0, 0.05) is 6.54 Å².